The second kappa shape index (κ2) is 4.24. The van der Waals surface area contributed by atoms with Gasteiger partial charge in [-0.05, 0) is 29.7 Å². The zero-order valence-corrected chi connectivity index (χ0v) is 10.4. The van der Waals surface area contributed by atoms with Crippen molar-refractivity contribution in [3.63, 3.8) is 0 Å². The summed E-state index contributed by atoms with van der Waals surface area (Å²) >= 11 is 0. The van der Waals surface area contributed by atoms with E-state index in [1.807, 2.05) is 45.2 Å². The molecule has 1 aromatic heterocycles. The number of hydrogen-bond acceptors (Lipinski definition) is 2. The quantitative estimate of drug-likeness (QED) is 0.805. The van der Waals surface area contributed by atoms with Gasteiger partial charge in [0, 0.05) is 17.1 Å². The lowest BCUT2D eigenvalue weighted by molar-refractivity contribution is 0.0367. The lowest BCUT2D eigenvalue weighted by Gasteiger charge is -2.17. The van der Waals surface area contributed by atoms with Crippen LogP contribution < -0.4 is 0 Å². The summed E-state index contributed by atoms with van der Waals surface area (Å²) in [6.45, 7) is 6.54. The number of fused-ring (bicyclic) bond motifs is 1. The highest BCUT2D eigenvalue weighted by Gasteiger charge is 2.15. The van der Waals surface area contributed by atoms with Crippen molar-refractivity contribution in [2.75, 3.05) is 6.61 Å². The molecule has 0 bridgehead atoms. The zero-order chi connectivity index (χ0) is 12.5. The monoisotopic (exact) mass is 231 g/mol. The third-order valence-electron chi connectivity index (χ3n) is 2.43. The van der Waals surface area contributed by atoms with Gasteiger partial charge in [-0.3, -0.25) is 0 Å². The second-order valence-electron chi connectivity index (χ2n) is 5.42. The van der Waals surface area contributed by atoms with Crippen LogP contribution >= 0.6 is 0 Å². The Morgan fingerprint density at radius 1 is 1.29 bits per heavy atom. The van der Waals surface area contributed by atoms with E-state index in [4.69, 9.17) is 4.74 Å². The summed E-state index contributed by atoms with van der Waals surface area (Å²) in [4.78, 5) is 14.9. The number of esters is 1. The van der Waals surface area contributed by atoms with Crippen LogP contribution in [0.25, 0.3) is 10.9 Å². The van der Waals surface area contributed by atoms with Crippen molar-refractivity contribution in [3.8, 4) is 0 Å². The van der Waals surface area contributed by atoms with Crippen molar-refractivity contribution in [1.29, 1.82) is 0 Å². The van der Waals surface area contributed by atoms with Gasteiger partial charge in [-0.2, -0.15) is 0 Å². The van der Waals surface area contributed by atoms with Gasteiger partial charge in [0.15, 0.2) is 0 Å². The van der Waals surface area contributed by atoms with Crippen LogP contribution in [-0.2, 0) is 4.74 Å². The standard InChI is InChI=1S/C14H17NO2/c1-14(2,3)9-17-13(16)11-4-5-12-10(8-11)6-7-15-12/h4-8,15H,9H2,1-3H3. The Bertz CT molecular complexity index is 534. The van der Waals surface area contributed by atoms with Crippen molar-refractivity contribution in [2.45, 2.75) is 20.8 Å². The fourth-order valence-corrected chi connectivity index (χ4v) is 1.55. The molecule has 0 amide bonds. The molecule has 0 atom stereocenters. The summed E-state index contributed by atoms with van der Waals surface area (Å²) in [5, 5.41) is 1.02. The van der Waals surface area contributed by atoms with Crippen molar-refractivity contribution >= 4 is 16.9 Å². The van der Waals surface area contributed by atoms with E-state index in [1.165, 1.54) is 0 Å². The Kier molecular flexibility index (Phi) is 2.92. The van der Waals surface area contributed by atoms with Crippen LogP contribution in [0.15, 0.2) is 30.5 Å². The SMILES string of the molecule is CC(C)(C)COC(=O)c1ccc2[nH]ccc2c1. The highest BCUT2D eigenvalue weighted by Crippen LogP contribution is 2.17. The molecule has 0 saturated carbocycles. The smallest absolute Gasteiger partial charge is 0.338 e. The minimum Gasteiger partial charge on any atom is -0.462 e. The highest BCUT2D eigenvalue weighted by molar-refractivity contribution is 5.94. The van der Waals surface area contributed by atoms with E-state index in [-0.39, 0.29) is 11.4 Å². The number of aromatic nitrogens is 1. The minimum absolute atomic E-state index is 0.00611. The first kappa shape index (κ1) is 11.7. The van der Waals surface area contributed by atoms with Gasteiger partial charge in [0.25, 0.3) is 0 Å². The van der Waals surface area contributed by atoms with Gasteiger partial charge < -0.3 is 9.72 Å². The molecular weight excluding hydrogens is 214 g/mol. The van der Waals surface area contributed by atoms with Crippen molar-refractivity contribution in [3.05, 3.63) is 36.0 Å². The second-order valence-corrected chi connectivity index (χ2v) is 5.42. The van der Waals surface area contributed by atoms with Gasteiger partial charge in [0.1, 0.15) is 0 Å². The molecule has 1 aromatic carbocycles. The molecule has 90 valence electrons. The van der Waals surface area contributed by atoms with Crippen LogP contribution in [0.5, 0.6) is 0 Å². The van der Waals surface area contributed by atoms with Crippen LogP contribution in [0.2, 0.25) is 0 Å². The molecule has 0 fully saturated rings. The lowest BCUT2D eigenvalue weighted by Crippen LogP contribution is -2.18. The molecular formula is C14H17NO2. The van der Waals surface area contributed by atoms with E-state index in [9.17, 15) is 4.79 Å². The zero-order valence-electron chi connectivity index (χ0n) is 10.4. The molecule has 17 heavy (non-hydrogen) atoms. The number of H-pyrrole nitrogens is 1. The van der Waals surface area contributed by atoms with Crippen LogP contribution in [0.3, 0.4) is 0 Å². The maximum absolute atomic E-state index is 11.8. The Morgan fingerprint density at radius 3 is 2.76 bits per heavy atom. The summed E-state index contributed by atoms with van der Waals surface area (Å²) in [7, 11) is 0. The van der Waals surface area contributed by atoms with E-state index in [0.717, 1.165) is 10.9 Å². The van der Waals surface area contributed by atoms with Crippen LogP contribution in [0.4, 0.5) is 0 Å². The Morgan fingerprint density at radius 2 is 2.06 bits per heavy atom. The summed E-state index contributed by atoms with van der Waals surface area (Å²) in [6.07, 6.45) is 1.86. The number of rotatable bonds is 2. The fraction of sp³-hybridized carbons (Fsp3) is 0.357. The van der Waals surface area contributed by atoms with Gasteiger partial charge in [-0.1, -0.05) is 20.8 Å². The van der Waals surface area contributed by atoms with E-state index >= 15 is 0 Å². The van der Waals surface area contributed by atoms with Crippen molar-refractivity contribution in [1.82, 2.24) is 4.98 Å². The molecule has 0 saturated heterocycles. The van der Waals surface area contributed by atoms with Gasteiger partial charge in [-0.25, -0.2) is 4.79 Å². The average Bonchev–Trinajstić information content (AvgIpc) is 2.71. The van der Waals surface area contributed by atoms with Gasteiger partial charge in [-0.15, -0.1) is 0 Å². The van der Waals surface area contributed by atoms with E-state index in [1.54, 1.807) is 6.07 Å². The predicted molar refractivity (Wildman–Crippen MR) is 68.0 cm³/mol. The van der Waals surface area contributed by atoms with Gasteiger partial charge in [0.2, 0.25) is 0 Å². The number of ether oxygens (including phenoxy) is 1. The Hall–Kier alpha value is -1.77. The Balaban J connectivity index is 2.13. The number of hydrogen-bond donors (Lipinski definition) is 1. The molecule has 3 nitrogen and oxygen atoms in total. The van der Waals surface area contributed by atoms with E-state index < -0.39 is 0 Å². The van der Waals surface area contributed by atoms with Crippen LogP contribution in [0.1, 0.15) is 31.1 Å². The number of nitrogens with one attached hydrogen (secondary N) is 1. The van der Waals surface area contributed by atoms with Crippen molar-refractivity contribution in [2.24, 2.45) is 5.41 Å². The predicted octanol–water partition coefficient (Wildman–Crippen LogP) is 3.37. The van der Waals surface area contributed by atoms with E-state index in [2.05, 4.69) is 4.98 Å². The summed E-state index contributed by atoms with van der Waals surface area (Å²) in [5.41, 5.74) is 1.62. The molecule has 3 heteroatoms. The Labute approximate surface area is 101 Å². The maximum atomic E-state index is 11.8. The molecule has 0 unspecified atom stereocenters. The normalized spacial score (nSPS) is 11.7. The number of carbonyl (C=O) groups is 1. The molecule has 0 spiro atoms. The van der Waals surface area contributed by atoms with Crippen LogP contribution in [0, 0.1) is 5.41 Å². The van der Waals surface area contributed by atoms with Gasteiger partial charge in [0.05, 0.1) is 12.2 Å². The first-order valence-corrected chi connectivity index (χ1v) is 5.70. The molecule has 0 aliphatic rings. The fourth-order valence-electron chi connectivity index (χ4n) is 1.55. The number of aromatic amines is 1. The molecule has 1 heterocycles. The molecule has 1 N–H and O–H groups in total. The molecule has 2 rings (SSSR count). The highest BCUT2D eigenvalue weighted by atomic mass is 16.5. The minimum atomic E-state index is -0.261. The topological polar surface area (TPSA) is 42.1 Å². The molecule has 0 aliphatic heterocycles. The third-order valence-corrected chi connectivity index (χ3v) is 2.43. The average molecular weight is 231 g/mol. The van der Waals surface area contributed by atoms with Crippen LogP contribution in [-0.4, -0.2) is 17.6 Å². The first-order chi connectivity index (χ1) is 7.96. The third kappa shape index (κ3) is 2.87. The maximum Gasteiger partial charge on any atom is 0.338 e. The molecule has 0 aliphatic carbocycles. The van der Waals surface area contributed by atoms with E-state index in [0.29, 0.717) is 12.2 Å². The summed E-state index contributed by atoms with van der Waals surface area (Å²) in [6, 6.07) is 7.46. The summed E-state index contributed by atoms with van der Waals surface area (Å²) < 4.78 is 5.27. The summed E-state index contributed by atoms with van der Waals surface area (Å²) in [5.74, 6) is -0.261. The molecule has 2 aromatic rings. The van der Waals surface area contributed by atoms with Gasteiger partial charge >= 0.3 is 5.97 Å². The molecule has 0 radical (unpaired) electrons. The number of carbonyl (C=O) groups excluding carboxylic acids is 1. The lowest BCUT2D eigenvalue weighted by atomic mass is 9.99. The van der Waals surface area contributed by atoms with Crippen molar-refractivity contribution < 1.29 is 9.53 Å². The number of benzene rings is 1. The largest absolute Gasteiger partial charge is 0.462 e. The first-order valence-electron chi connectivity index (χ1n) is 5.70.